The predicted molar refractivity (Wildman–Crippen MR) is 121 cm³/mol. The van der Waals surface area contributed by atoms with E-state index in [1.54, 1.807) is 13.2 Å². The maximum absolute atomic E-state index is 12.9. The second-order valence-corrected chi connectivity index (χ2v) is 8.31. The van der Waals surface area contributed by atoms with E-state index in [1.165, 1.54) is 0 Å². The Kier molecular flexibility index (Phi) is 4.98. The number of carbonyl (C=O) groups excluding carboxylic acids is 1. The second-order valence-electron chi connectivity index (χ2n) is 8.31. The van der Waals surface area contributed by atoms with Gasteiger partial charge in [0.05, 0.1) is 7.11 Å². The monoisotopic (exact) mass is 415 g/mol. The molecule has 0 aliphatic carbocycles. The second kappa shape index (κ2) is 7.95. The number of para-hydroxylation sites is 1. The van der Waals surface area contributed by atoms with Crippen molar-refractivity contribution in [3.05, 3.63) is 82.8 Å². The molecular formula is C25H25N3O3. The average Bonchev–Trinajstić information content (AvgIpc) is 2.80. The summed E-state index contributed by atoms with van der Waals surface area (Å²) < 4.78 is 7.21. The number of nitrogens with zero attached hydrogens (tertiary/aromatic N) is 2. The summed E-state index contributed by atoms with van der Waals surface area (Å²) >= 11 is 0. The molecule has 2 aliphatic heterocycles. The van der Waals surface area contributed by atoms with Gasteiger partial charge in [0.1, 0.15) is 5.75 Å². The van der Waals surface area contributed by atoms with Gasteiger partial charge in [-0.15, -0.1) is 0 Å². The minimum absolute atomic E-state index is 0.0316. The van der Waals surface area contributed by atoms with Gasteiger partial charge in [-0.2, -0.15) is 0 Å². The summed E-state index contributed by atoms with van der Waals surface area (Å²) in [6.07, 6.45) is 0.988. The minimum Gasteiger partial charge on any atom is -0.497 e. The van der Waals surface area contributed by atoms with Crippen LogP contribution in [0.25, 0.3) is 11.1 Å². The average molecular weight is 415 g/mol. The predicted octanol–water partition coefficient (Wildman–Crippen LogP) is 4.18. The molecule has 6 nitrogen and oxygen atoms in total. The number of benzene rings is 2. The third-order valence-electron chi connectivity index (χ3n) is 6.30. The van der Waals surface area contributed by atoms with Crippen LogP contribution < -0.4 is 15.6 Å². The van der Waals surface area contributed by atoms with Gasteiger partial charge in [0.2, 0.25) is 0 Å². The number of ether oxygens (including phenoxy) is 1. The van der Waals surface area contributed by atoms with Gasteiger partial charge in [0, 0.05) is 48.6 Å². The van der Waals surface area contributed by atoms with E-state index in [-0.39, 0.29) is 23.4 Å². The van der Waals surface area contributed by atoms with Crippen molar-refractivity contribution in [2.75, 3.05) is 25.5 Å². The lowest BCUT2D eigenvalue weighted by atomic mass is 9.80. The van der Waals surface area contributed by atoms with Crippen molar-refractivity contribution in [2.24, 2.45) is 5.92 Å². The summed E-state index contributed by atoms with van der Waals surface area (Å²) in [5, 5.41) is 3.00. The van der Waals surface area contributed by atoms with E-state index in [1.807, 2.05) is 70.1 Å². The fourth-order valence-corrected chi connectivity index (χ4v) is 4.92. The Morgan fingerprint density at radius 2 is 1.74 bits per heavy atom. The largest absolute Gasteiger partial charge is 0.497 e. The van der Waals surface area contributed by atoms with Gasteiger partial charge in [-0.25, -0.2) is 4.79 Å². The number of pyridine rings is 1. The minimum atomic E-state index is -0.0846. The Hall–Kier alpha value is -3.54. The third kappa shape index (κ3) is 3.69. The summed E-state index contributed by atoms with van der Waals surface area (Å²) in [7, 11) is 1.65. The van der Waals surface area contributed by atoms with Gasteiger partial charge in [-0.05, 0) is 48.2 Å². The molecule has 6 heteroatoms. The number of rotatable bonds is 3. The molecule has 2 atom stereocenters. The van der Waals surface area contributed by atoms with Crippen LogP contribution in [0.4, 0.5) is 10.5 Å². The third-order valence-corrected chi connectivity index (χ3v) is 6.30. The molecule has 2 unspecified atom stereocenters. The fourth-order valence-electron chi connectivity index (χ4n) is 4.92. The molecule has 0 spiro atoms. The maximum Gasteiger partial charge on any atom is 0.321 e. The summed E-state index contributed by atoms with van der Waals surface area (Å²) in [4.78, 5) is 27.5. The molecule has 0 saturated carbocycles. The molecule has 0 radical (unpaired) electrons. The highest BCUT2D eigenvalue weighted by Gasteiger charge is 2.37. The first-order chi connectivity index (χ1) is 15.1. The molecule has 158 valence electrons. The number of amides is 2. The van der Waals surface area contributed by atoms with E-state index in [0.29, 0.717) is 19.6 Å². The number of likely N-dealkylation sites (tertiary alicyclic amines) is 1. The van der Waals surface area contributed by atoms with Crippen LogP contribution in [0.1, 0.15) is 18.0 Å². The van der Waals surface area contributed by atoms with Crippen molar-refractivity contribution in [1.29, 1.82) is 0 Å². The molecule has 1 fully saturated rings. The van der Waals surface area contributed by atoms with Gasteiger partial charge >= 0.3 is 6.03 Å². The molecular weight excluding hydrogens is 390 g/mol. The summed E-state index contributed by atoms with van der Waals surface area (Å²) in [5.41, 5.74) is 3.96. The van der Waals surface area contributed by atoms with Crippen LogP contribution in [-0.4, -0.2) is 35.7 Å². The van der Waals surface area contributed by atoms with Crippen LogP contribution in [0, 0.1) is 5.92 Å². The molecule has 2 aromatic carbocycles. The molecule has 2 amide bonds. The number of aromatic nitrogens is 1. The van der Waals surface area contributed by atoms with E-state index in [4.69, 9.17) is 4.74 Å². The number of urea groups is 1. The Balaban J connectivity index is 1.47. The number of carbonyl (C=O) groups is 1. The number of anilines is 1. The van der Waals surface area contributed by atoms with Crippen LogP contribution in [0.5, 0.6) is 5.75 Å². The number of piperidine rings is 1. The first-order valence-corrected chi connectivity index (χ1v) is 10.6. The normalized spacial score (nSPS) is 19.5. The highest BCUT2D eigenvalue weighted by atomic mass is 16.5. The zero-order chi connectivity index (χ0) is 21.4. The highest BCUT2D eigenvalue weighted by Crippen LogP contribution is 2.40. The Morgan fingerprint density at radius 1 is 0.968 bits per heavy atom. The van der Waals surface area contributed by atoms with Crippen molar-refractivity contribution >= 4 is 11.7 Å². The van der Waals surface area contributed by atoms with Gasteiger partial charge in [0.15, 0.2) is 0 Å². The first-order valence-electron chi connectivity index (χ1n) is 10.6. The number of hydrogen-bond donors (Lipinski definition) is 1. The van der Waals surface area contributed by atoms with Crippen molar-refractivity contribution in [1.82, 2.24) is 9.47 Å². The Morgan fingerprint density at radius 3 is 2.48 bits per heavy atom. The van der Waals surface area contributed by atoms with Gasteiger partial charge in [0.25, 0.3) is 5.56 Å². The summed E-state index contributed by atoms with van der Waals surface area (Å²) in [6.45, 7) is 1.90. The van der Waals surface area contributed by atoms with Crippen LogP contribution >= 0.6 is 0 Å². The molecule has 2 aliphatic rings. The van der Waals surface area contributed by atoms with E-state index in [9.17, 15) is 9.59 Å². The zero-order valence-electron chi connectivity index (χ0n) is 17.5. The topological polar surface area (TPSA) is 63.6 Å². The van der Waals surface area contributed by atoms with Crippen LogP contribution in [-0.2, 0) is 6.54 Å². The lowest BCUT2D eigenvalue weighted by Gasteiger charge is -2.43. The molecule has 31 heavy (non-hydrogen) atoms. The Bertz CT molecular complexity index is 1150. The standard InChI is InChI=1S/C25H25N3O3/c1-31-21-9-7-18(8-10-21)22-11-12-23(29)28-15-17-13-19(24(22)28)16-27(14-17)25(30)26-20-5-3-2-4-6-20/h2-12,17,19H,13-16H2,1H3,(H,26,30). The van der Waals surface area contributed by atoms with E-state index in [0.717, 1.165) is 34.7 Å². The van der Waals surface area contributed by atoms with E-state index in [2.05, 4.69) is 5.32 Å². The maximum atomic E-state index is 12.9. The number of nitrogens with one attached hydrogen (secondary N) is 1. The quantitative estimate of drug-likeness (QED) is 0.698. The SMILES string of the molecule is COc1ccc(-c2ccc(=O)n3c2C2CC(CN(C(=O)Nc4ccccc4)C2)C3)cc1. The summed E-state index contributed by atoms with van der Waals surface area (Å²) in [6, 6.07) is 20.9. The molecule has 2 bridgehead atoms. The molecule has 1 N–H and O–H groups in total. The van der Waals surface area contributed by atoms with Crippen LogP contribution in [0.15, 0.2) is 71.5 Å². The number of methoxy groups -OCH3 is 1. The lowest BCUT2D eigenvalue weighted by molar-refractivity contribution is 0.140. The van der Waals surface area contributed by atoms with Crippen molar-refractivity contribution in [2.45, 2.75) is 18.9 Å². The fraction of sp³-hybridized carbons (Fsp3) is 0.280. The molecule has 5 rings (SSSR count). The van der Waals surface area contributed by atoms with Crippen LogP contribution in [0.2, 0.25) is 0 Å². The number of hydrogen-bond acceptors (Lipinski definition) is 3. The van der Waals surface area contributed by atoms with Crippen molar-refractivity contribution < 1.29 is 9.53 Å². The van der Waals surface area contributed by atoms with Crippen molar-refractivity contribution in [3.8, 4) is 16.9 Å². The molecule has 1 aromatic heterocycles. The first kappa shape index (κ1) is 19.4. The highest BCUT2D eigenvalue weighted by molar-refractivity contribution is 5.89. The summed E-state index contributed by atoms with van der Waals surface area (Å²) in [5.74, 6) is 1.20. The van der Waals surface area contributed by atoms with E-state index >= 15 is 0 Å². The lowest BCUT2D eigenvalue weighted by Crippen LogP contribution is -2.50. The smallest absolute Gasteiger partial charge is 0.321 e. The molecule has 3 heterocycles. The molecule has 3 aromatic rings. The zero-order valence-corrected chi connectivity index (χ0v) is 17.5. The Labute approximate surface area is 181 Å². The van der Waals surface area contributed by atoms with Gasteiger partial charge in [-0.1, -0.05) is 30.3 Å². The van der Waals surface area contributed by atoms with Crippen LogP contribution in [0.3, 0.4) is 0 Å². The van der Waals surface area contributed by atoms with Crippen molar-refractivity contribution in [3.63, 3.8) is 0 Å². The molecule has 1 saturated heterocycles. The van der Waals surface area contributed by atoms with E-state index < -0.39 is 0 Å². The number of fused-ring (bicyclic) bond motifs is 4. The van der Waals surface area contributed by atoms with Gasteiger partial charge < -0.3 is 19.5 Å². The van der Waals surface area contributed by atoms with Gasteiger partial charge in [-0.3, -0.25) is 4.79 Å².